The predicted molar refractivity (Wildman–Crippen MR) is 128 cm³/mol. The number of imidazole rings is 2. The van der Waals surface area contributed by atoms with Gasteiger partial charge >= 0.3 is 6.61 Å². The van der Waals surface area contributed by atoms with Crippen molar-refractivity contribution >= 4 is 11.4 Å². The number of aryl methyl sites for hydroxylation is 1. The van der Waals surface area contributed by atoms with Gasteiger partial charge in [-0.3, -0.25) is 9.20 Å². The highest BCUT2D eigenvalue weighted by molar-refractivity contribution is 6.02. The number of rotatable bonds is 11. The number of carbonyl (C=O) groups excluding carboxylic acids is 1. The maximum atomic E-state index is 13.3. The van der Waals surface area contributed by atoms with Crippen molar-refractivity contribution in [2.45, 2.75) is 45.9 Å². The van der Waals surface area contributed by atoms with Crippen LogP contribution < -0.4 is 14.2 Å². The van der Waals surface area contributed by atoms with Gasteiger partial charge in [0.25, 0.3) is 0 Å². The molecule has 0 aliphatic heterocycles. The number of methoxy groups -OCH3 is 1. The van der Waals surface area contributed by atoms with E-state index in [4.69, 9.17) is 14.2 Å². The molecule has 8 nitrogen and oxygen atoms in total. The molecule has 36 heavy (non-hydrogen) atoms. The van der Waals surface area contributed by atoms with Gasteiger partial charge in [-0.25, -0.2) is 9.97 Å². The van der Waals surface area contributed by atoms with E-state index in [0.29, 0.717) is 35.2 Å². The Kier molecular flexibility index (Phi) is 6.58. The van der Waals surface area contributed by atoms with Crippen LogP contribution in [-0.2, 0) is 13.2 Å². The molecule has 0 amide bonds. The van der Waals surface area contributed by atoms with E-state index >= 15 is 0 Å². The Morgan fingerprint density at radius 3 is 2.69 bits per heavy atom. The number of benzene rings is 1. The molecule has 3 heterocycles. The van der Waals surface area contributed by atoms with Crippen LogP contribution in [0.1, 0.15) is 42.4 Å². The van der Waals surface area contributed by atoms with Gasteiger partial charge in [-0.1, -0.05) is 0 Å². The molecule has 1 aromatic carbocycles. The second-order valence-electron chi connectivity index (χ2n) is 8.65. The largest absolute Gasteiger partial charge is 0.496 e. The fourth-order valence-electron chi connectivity index (χ4n) is 4.23. The normalized spacial score (nSPS) is 13.4. The molecule has 0 spiro atoms. The lowest BCUT2D eigenvalue weighted by Crippen LogP contribution is -2.11. The minimum absolute atomic E-state index is 0.0448. The molecule has 10 heteroatoms. The number of nitrogens with zero attached hydrogens (tertiary/aromatic N) is 4. The van der Waals surface area contributed by atoms with Crippen molar-refractivity contribution in [3.05, 3.63) is 60.4 Å². The number of Topliss-reactive ketones (excluding diaryl/α,β-unsaturated/α-hetero) is 1. The van der Waals surface area contributed by atoms with Crippen molar-refractivity contribution in [2.24, 2.45) is 5.92 Å². The predicted octanol–water partition coefficient (Wildman–Crippen LogP) is 5.39. The molecule has 3 aromatic heterocycles. The van der Waals surface area contributed by atoms with Crippen LogP contribution in [-0.4, -0.2) is 38.4 Å². The van der Waals surface area contributed by atoms with Gasteiger partial charge in [0.05, 0.1) is 19.0 Å². The quantitative estimate of drug-likeness (QED) is 0.259. The second kappa shape index (κ2) is 9.96. The molecule has 0 bridgehead atoms. The minimum Gasteiger partial charge on any atom is -0.496 e. The van der Waals surface area contributed by atoms with E-state index in [0.717, 1.165) is 25.2 Å². The van der Waals surface area contributed by atoms with E-state index in [9.17, 15) is 13.6 Å². The maximum Gasteiger partial charge on any atom is 0.387 e. The number of fused-ring (bicyclic) bond motifs is 1. The fourth-order valence-corrected chi connectivity index (χ4v) is 4.23. The number of hydrogen-bond donors (Lipinski definition) is 0. The van der Waals surface area contributed by atoms with Crippen molar-refractivity contribution in [3.8, 4) is 28.5 Å². The van der Waals surface area contributed by atoms with Gasteiger partial charge in [-0.2, -0.15) is 8.78 Å². The third-order valence-corrected chi connectivity index (χ3v) is 6.24. The molecule has 5 rings (SSSR count). The van der Waals surface area contributed by atoms with Crippen LogP contribution in [0.2, 0.25) is 0 Å². The number of alkyl halides is 2. The molecule has 4 aromatic rings. The first-order valence-electron chi connectivity index (χ1n) is 11.8. The van der Waals surface area contributed by atoms with Gasteiger partial charge < -0.3 is 18.8 Å². The highest BCUT2D eigenvalue weighted by atomic mass is 19.3. The van der Waals surface area contributed by atoms with Gasteiger partial charge in [0.1, 0.15) is 40.9 Å². The Morgan fingerprint density at radius 1 is 1.17 bits per heavy atom. The number of hydrogen-bond acceptors (Lipinski definition) is 6. The number of carbonyl (C=O) groups is 1. The molecule has 1 aliphatic carbocycles. The third kappa shape index (κ3) is 4.89. The summed E-state index contributed by atoms with van der Waals surface area (Å²) in [6.07, 6.45) is 9.25. The van der Waals surface area contributed by atoms with Gasteiger partial charge in [0.15, 0.2) is 5.78 Å². The fraction of sp³-hybridized carbons (Fsp3) is 0.346. The topological polar surface area (TPSA) is 79.9 Å². The standard InChI is InChI=1S/C26H26F2N4O4/c1-3-31-9-7-29-24(31)15-35-18-6-8-32-19(14-30-23(32)13-18)17-11-21(34-2)25(20(33)10-16-4-5-16)22(12-17)36-26(27)28/h6-9,11-14,16,26H,3-5,10,15H2,1-2H3. The summed E-state index contributed by atoms with van der Waals surface area (Å²) in [6.45, 7) is 0.0630. The van der Waals surface area contributed by atoms with E-state index < -0.39 is 6.61 Å². The molecule has 0 atom stereocenters. The monoisotopic (exact) mass is 496 g/mol. The first-order chi connectivity index (χ1) is 17.5. The summed E-state index contributed by atoms with van der Waals surface area (Å²) in [7, 11) is 1.40. The smallest absolute Gasteiger partial charge is 0.387 e. The van der Waals surface area contributed by atoms with Crippen LogP contribution in [0.15, 0.2) is 49.1 Å². The van der Waals surface area contributed by atoms with E-state index in [2.05, 4.69) is 9.97 Å². The zero-order chi connectivity index (χ0) is 25.2. The average molecular weight is 497 g/mol. The lowest BCUT2D eigenvalue weighted by atomic mass is 10.00. The molecule has 0 radical (unpaired) electrons. The summed E-state index contributed by atoms with van der Waals surface area (Å²) in [5.74, 6) is 1.45. The van der Waals surface area contributed by atoms with E-state index in [-0.39, 0.29) is 29.3 Å². The Balaban J connectivity index is 1.46. The van der Waals surface area contributed by atoms with Crippen LogP contribution in [0.25, 0.3) is 16.9 Å². The Labute approximate surface area is 206 Å². The number of ether oxygens (including phenoxy) is 3. The number of halogens is 2. The zero-order valence-corrected chi connectivity index (χ0v) is 20.0. The summed E-state index contributed by atoms with van der Waals surface area (Å²) in [5, 5.41) is 0. The molecule has 1 fully saturated rings. The summed E-state index contributed by atoms with van der Waals surface area (Å²) >= 11 is 0. The van der Waals surface area contributed by atoms with Gasteiger partial charge in [-0.05, 0) is 43.9 Å². The Morgan fingerprint density at radius 2 is 1.97 bits per heavy atom. The van der Waals surface area contributed by atoms with Crippen LogP contribution in [0.5, 0.6) is 17.2 Å². The molecular formula is C26H26F2N4O4. The highest BCUT2D eigenvalue weighted by Crippen LogP contribution is 2.40. The van der Waals surface area contributed by atoms with Crippen LogP contribution in [0, 0.1) is 5.92 Å². The molecule has 0 N–H and O–H groups in total. The van der Waals surface area contributed by atoms with Crippen molar-refractivity contribution in [1.82, 2.24) is 18.9 Å². The van der Waals surface area contributed by atoms with Gasteiger partial charge in [0.2, 0.25) is 0 Å². The van der Waals surface area contributed by atoms with E-state index in [1.807, 2.05) is 17.7 Å². The van der Waals surface area contributed by atoms with Crippen molar-refractivity contribution in [3.63, 3.8) is 0 Å². The van der Waals surface area contributed by atoms with Crippen LogP contribution in [0.3, 0.4) is 0 Å². The number of ketones is 1. The van der Waals surface area contributed by atoms with Crippen LogP contribution in [0.4, 0.5) is 8.78 Å². The SMILES string of the molecule is CCn1ccnc1COc1ccn2c(-c3cc(OC)c(C(=O)CC4CC4)c(OC(F)F)c3)cnc2c1. The molecule has 1 aliphatic rings. The number of pyridine rings is 1. The molecular weight excluding hydrogens is 470 g/mol. The molecule has 0 saturated heterocycles. The lowest BCUT2D eigenvalue weighted by molar-refractivity contribution is -0.0502. The average Bonchev–Trinajstić information content (AvgIpc) is 3.39. The summed E-state index contributed by atoms with van der Waals surface area (Å²) < 4.78 is 46.4. The molecule has 1 saturated carbocycles. The van der Waals surface area contributed by atoms with Crippen molar-refractivity contribution in [1.29, 1.82) is 0 Å². The van der Waals surface area contributed by atoms with E-state index in [1.165, 1.54) is 13.2 Å². The van der Waals surface area contributed by atoms with Gasteiger partial charge in [-0.15, -0.1) is 0 Å². The summed E-state index contributed by atoms with van der Waals surface area (Å²) in [6, 6.07) is 6.66. The second-order valence-corrected chi connectivity index (χ2v) is 8.65. The summed E-state index contributed by atoms with van der Waals surface area (Å²) in [5.41, 5.74) is 1.79. The zero-order valence-electron chi connectivity index (χ0n) is 20.0. The maximum absolute atomic E-state index is 13.3. The molecule has 0 unspecified atom stereocenters. The van der Waals surface area contributed by atoms with E-state index in [1.54, 1.807) is 41.2 Å². The van der Waals surface area contributed by atoms with Crippen molar-refractivity contribution < 1.29 is 27.8 Å². The third-order valence-electron chi connectivity index (χ3n) is 6.24. The minimum atomic E-state index is -3.08. The number of aromatic nitrogens is 4. The van der Waals surface area contributed by atoms with Crippen molar-refractivity contribution in [2.75, 3.05) is 7.11 Å². The Bertz CT molecular complexity index is 1390. The first kappa shape index (κ1) is 23.8. The Hall–Kier alpha value is -3.95. The van der Waals surface area contributed by atoms with Crippen LogP contribution >= 0.6 is 0 Å². The highest BCUT2D eigenvalue weighted by Gasteiger charge is 2.29. The summed E-state index contributed by atoms with van der Waals surface area (Å²) in [4.78, 5) is 21.6. The van der Waals surface area contributed by atoms with Gasteiger partial charge in [0, 0.05) is 43.2 Å². The molecule has 188 valence electrons. The first-order valence-corrected chi connectivity index (χ1v) is 11.8. The lowest BCUT2D eigenvalue weighted by Gasteiger charge is -2.16.